The van der Waals surface area contributed by atoms with Gasteiger partial charge in [-0.25, -0.2) is 0 Å². The van der Waals surface area contributed by atoms with Crippen molar-refractivity contribution in [1.82, 2.24) is 5.32 Å². The zero-order valence-corrected chi connectivity index (χ0v) is 15.6. The normalized spacial score (nSPS) is 15.7. The van der Waals surface area contributed by atoms with Crippen molar-refractivity contribution in [3.05, 3.63) is 54.1 Å². The van der Waals surface area contributed by atoms with Crippen LogP contribution in [0.3, 0.4) is 0 Å². The predicted octanol–water partition coefficient (Wildman–Crippen LogP) is 2.56. The number of nitrogens with one attached hydrogen (secondary N) is 1. The maximum Gasteiger partial charge on any atom is 0.267 e. The van der Waals surface area contributed by atoms with Crippen LogP contribution in [-0.4, -0.2) is 38.6 Å². The summed E-state index contributed by atoms with van der Waals surface area (Å²) in [7, 11) is 3.36. The van der Waals surface area contributed by atoms with Gasteiger partial charge in [-0.15, -0.1) is 0 Å². The summed E-state index contributed by atoms with van der Waals surface area (Å²) >= 11 is 0. The second kappa shape index (κ2) is 8.58. The number of ether oxygens (including phenoxy) is 2. The van der Waals surface area contributed by atoms with Crippen LogP contribution < -0.4 is 19.7 Å². The van der Waals surface area contributed by atoms with E-state index in [0.29, 0.717) is 31.6 Å². The average molecular weight is 368 g/mol. The molecule has 0 aliphatic carbocycles. The fourth-order valence-electron chi connectivity index (χ4n) is 3.14. The summed E-state index contributed by atoms with van der Waals surface area (Å²) in [6.45, 7) is 0.386. The Morgan fingerprint density at radius 3 is 2.74 bits per heavy atom. The number of carbonyl (C=O) groups is 2. The molecular weight excluding hydrogens is 344 g/mol. The predicted molar refractivity (Wildman–Crippen MR) is 103 cm³/mol. The number of benzene rings is 2. The van der Waals surface area contributed by atoms with Crippen molar-refractivity contribution < 1.29 is 19.1 Å². The second-order valence-corrected chi connectivity index (χ2v) is 6.42. The number of hydrogen-bond donors (Lipinski definition) is 1. The molecule has 0 saturated carbocycles. The third kappa shape index (κ3) is 4.39. The van der Waals surface area contributed by atoms with Gasteiger partial charge in [0.25, 0.3) is 5.91 Å². The number of para-hydroxylation sites is 3. The van der Waals surface area contributed by atoms with Crippen molar-refractivity contribution in [1.29, 1.82) is 0 Å². The van der Waals surface area contributed by atoms with Gasteiger partial charge in [-0.05, 0) is 30.2 Å². The maximum absolute atomic E-state index is 12.4. The molecule has 1 unspecified atom stereocenters. The number of carbonyl (C=O) groups excluding carboxylic acids is 2. The molecular formula is C21H24N2O4. The molecule has 0 fully saturated rings. The van der Waals surface area contributed by atoms with E-state index in [0.717, 1.165) is 17.0 Å². The van der Waals surface area contributed by atoms with E-state index in [1.54, 1.807) is 19.1 Å². The Hall–Kier alpha value is -3.02. The van der Waals surface area contributed by atoms with Crippen LogP contribution in [0, 0.1) is 0 Å². The van der Waals surface area contributed by atoms with Gasteiger partial charge in [0.05, 0.1) is 12.8 Å². The molecule has 1 atom stereocenters. The number of anilines is 1. The Bertz CT molecular complexity index is 821. The van der Waals surface area contributed by atoms with E-state index in [4.69, 9.17) is 9.47 Å². The van der Waals surface area contributed by atoms with Crippen LogP contribution in [0.25, 0.3) is 0 Å². The number of aryl methyl sites for hydroxylation is 1. The average Bonchev–Trinajstić information content (AvgIpc) is 2.70. The van der Waals surface area contributed by atoms with Crippen LogP contribution in [-0.2, 0) is 16.0 Å². The molecule has 27 heavy (non-hydrogen) atoms. The molecule has 0 spiro atoms. The zero-order valence-electron chi connectivity index (χ0n) is 15.6. The SMILES string of the molecule is COc1ccccc1CCC(=O)NCCC1Oc2ccccc2N(C)C1=O. The Balaban J connectivity index is 1.47. The lowest BCUT2D eigenvalue weighted by atomic mass is 10.1. The van der Waals surface area contributed by atoms with Crippen LogP contribution in [0.15, 0.2) is 48.5 Å². The van der Waals surface area contributed by atoms with Gasteiger partial charge in [0.2, 0.25) is 5.91 Å². The number of likely N-dealkylation sites (N-methyl/N-ethyl adjacent to an activating group) is 1. The number of nitrogens with zero attached hydrogens (tertiary/aromatic N) is 1. The first-order valence-corrected chi connectivity index (χ1v) is 9.02. The van der Waals surface area contributed by atoms with Crippen LogP contribution in [0.1, 0.15) is 18.4 Å². The molecule has 142 valence electrons. The summed E-state index contributed by atoms with van der Waals surface area (Å²) in [5.74, 6) is 1.31. The Morgan fingerprint density at radius 1 is 1.19 bits per heavy atom. The Kier molecular flexibility index (Phi) is 5.96. The molecule has 2 aromatic carbocycles. The lowest BCUT2D eigenvalue weighted by molar-refractivity contribution is -0.127. The minimum Gasteiger partial charge on any atom is -0.496 e. The lowest BCUT2D eigenvalue weighted by Crippen LogP contribution is -2.45. The second-order valence-electron chi connectivity index (χ2n) is 6.42. The van der Waals surface area contributed by atoms with Crippen molar-refractivity contribution in [2.75, 3.05) is 25.6 Å². The Morgan fingerprint density at radius 2 is 1.93 bits per heavy atom. The highest BCUT2D eigenvalue weighted by Crippen LogP contribution is 2.33. The molecule has 1 aliphatic rings. The van der Waals surface area contributed by atoms with E-state index >= 15 is 0 Å². The molecule has 6 heteroatoms. The van der Waals surface area contributed by atoms with E-state index in [1.165, 1.54) is 0 Å². The molecule has 0 saturated heterocycles. The van der Waals surface area contributed by atoms with Gasteiger partial charge in [-0.1, -0.05) is 30.3 Å². The summed E-state index contributed by atoms with van der Waals surface area (Å²) in [4.78, 5) is 26.1. The minimum atomic E-state index is -0.584. The van der Waals surface area contributed by atoms with E-state index in [2.05, 4.69) is 5.32 Å². The maximum atomic E-state index is 12.4. The zero-order chi connectivity index (χ0) is 19.2. The number of fused-ring (bicyclic) bond motifs is 1. The molecule has 1 heterocycles. The smallest absolute Gasteiger partial charge is 0.267 e. The summed E-state index contributed by atoms with van der Waals surface area (Å²) in [5, 5.41) is 2.87. The van der Waals surface area contributed by atoms with Gasteiger partial charge in [0.1, 0.15) is 11.5 Å². The molecule has 2 amide bonds. The molecule has 0 bridgehead atoms. The molecule has 0 radical (unpaired) electrons. The lowest BCUT2D eigenvalue weighted by Gasteiger charge is -2.31. The first-order valence-electron chi connectivity index (χ1n) is 9.02. The van der Waals surface area contributed by atoms with Crippen LogP contribution in [0.5, 0.6) is 11.5 Å². The number of amides is 2. The summed E-state index contributed by atoms with van der Waals surface area (Å²) in [6.07, 6.45) is 0.810. The number of rotatable bonds is 7. The summed E-state index contributed by atoms with van der Waals surface area (Å²) in [6, 6.07) is 15.1. The molecule has 2 aromatic rings. The fourth-order valence-corrected chi connectivity index (χ4v) is 3.14. The highest BCUT2D eigenvalue weighted by atomic mass is 16.5. The van der Waals surface area contributed by atoms with Crippen LogP contribution >= 0.6 is 0 Å². The third-order valence-electron chi connectivity index (χ3n) is 4.64. The third-order valence-corrected chi connectivity index (χ3v) is 4.64. The van der Waals surface area contributed by atoms with E-state index in [1.807, 2.05) is 48.5 Å². The highest BCUT2D eigenvalue weighted by Gasteiger charge is 2.31. The molecule has 6 nitrogen and oxygen atoms in total. The first kappa shape index (κ1) is 18.8. The molecule has 1 aliphatic heterocycles. The van der Waals surface area contributed by atoms with Gasteiger partial charge >= 0.3 is 0 Å². The van der Waals surface area contributed by atoms with Gasteiger partial charge in [0, 0.05) is 26.4 Å². The molecule has 3 rings (SSSR count). The highest BCUT2D eigenvalue weighted by molar-refractivity contribution is 5.99. The van der Waals surface area contributed by atoms with Gasteiger partial charge in [-0.3, -0.25) is 9.59 Å². The van der Waals surface area contributed by atoms with Gasteiger partial charge in [0.15, 0.2) is 6.10 Å². The van der Waals surface area contributed by atoms with Crippen LogP contribution in [0.4, 0.5) is 5.69 Å². The largest absolute Gasteiger partial charge is 0.496 e. The first-order chi connectivity index (χ1) is 13.1. The van der Waals surface area contributed by atoms with Crippen molar-refractivity contribution in [3.8, 4) is 11.5 Å². The van der Waals surface area contributed by atoms with E-state index < -0.39 is 6.10 Å². The van der Waals surface area contributed by atoms with Gasteiger partial charge < -0.3 is 19.7 Å². The van der Waals surface area contributed by atoms with Crippen LogP contribution in [0.2, 0.25) is 0 Å². The minimum absolute atomic E-state index is 0.0575. The topological polar surface area (TPSA) is 67.9 Å². The van der Waals surface area contributed by atoms with E-state index in [9.17, 15) is 9.59 Å². The fraction of sp³-hybridized carbons (Fsp3) is 0.333. The van der Waals surface area contributed by atoms with E-state index in [-0.39, 0.29) is 11.8 Å². The molecule has 1 N–H and O–H groups in total. The summed E-state index contributed by atoms with van der Waals surface area (Å²) in [5.41, 5.74) is 1.76. The number of methoxy groups -OCH3 is 1. The van der Waals surface area contributed by atoms with Gasteiger partial charge in [-0.2, -0.15) is 0 Å². The number of hydrogen-bond acceptors (Lipinski definition) is 4. The van der Waals surface area contributed by atoms with Crippen molar-refractivity contribution in [2.45, 2.75) is 25.4 Å². The molecule has 0 aromatic heterocycles. The summed E-state index contributed by atoms with van der Waals surface area (Å²) < 4.78 is 11.1. The quantitative estimate of drug-likeness (QED) is 0.816. The van der Waals surface area contributed by atoms with Crippen molar-refractivity contribution in [3.63, 3.8) is 0 Å². The monoisotopic (exact) mass is 368 g/mol. The Labute approximate surface area is 159 Å². The van der Waals surface area contributed by atoms with Crippen molar-refractivity contribution >= 4 is 17.5 Å². The van der Waals surface area contributed by atoms with Crippen molar-refractivity contribution in [2.24, 2.45) is 0 Å². The standard InChI is InChI=1S/C21H24N2O4/c1-23-16-8-4-6-10-18(16)27-19(21(23)25)13-14-22-20(24)12-11-15-7-3-5-9-17(15)26-2/h3-10,19H,11-14H2,1-2H3,(H,22,24).